The Morgan fingerprint density at radius 1 is 0.842 bits per heavy atom. The first-order chi connectivity index (χ1) is 18.5. The lowest BCUT2D eigenvalue weighted by atomic mass is 10.0. The molecule has 0 radical (unpaired) electrons. The molecule has 3 rings (SSSR count). The molecule has 0 spiro atoms. The molecule has 0 aromatic heterocycles. The van der Waals surface area contributed by atoms with Crippen LogP contribution in [0.15, 0.2) is 66.7 Å². The number of nitriles is 1. The van der Waals surface area contributed by atoms with E-state index in [9.17, 15) is 15.2 Å². The molecule has 1 atom stereocenters. The van der Waals surface area contributed by atoms with Crippen molar-refractivity contribution in [1.82, 2.24) is 0 Å². The number of nitrogens with zero attached hydrogens (tertiary/aromatic N) is 1. The molecule has 0 aliphatic rings. The van der Waals surface area contributed by atoms with Crippen molar-refractivity contribution in [2.75, 3.05) is 47.8 Å². The number of hydrogen-bond donors (Lipinski definition) is 1. The van der Waals surface area contributed by atoms with Crippen LogP contribution in [0, 0.1) is 11.3 Å². The van der Waals surface area contributed by atoms with E-state index in [-0.39, 0.29) is 54.8 Å². The summed E-state index contributed by atoms with van der Waals surface area (Å²) >= 11 is 0. The molecular formula is C29H31NO8. The topological polar surface area (TPSA) is 116 Å². The Balaban J connectivity index is 2.00. The van der Waals surface area contributed by atoms with Crippen LogP contribution >= 0.6 is 0 Å². The number of ether oxygens (including phenoxy) is 6. The average molecular weight is 522 g/mol. The Labute approximate surface area is 222 Å². The van der Waals surface area contributed by atoms with Crippen LogP contribution in [0.5, 0.6) is 17.2 Å². The Bertz CT molecular complexity index is 1170. The van der Waals surface area contributed by atoms with E-state index in [0.29, 0.717) is 0 Å². The molecule has 0 fully saturated rings. The van der Waals surface area contributed by atoms with E-state index in [4.69, 9.17) is 28.4 Å². The number of hydrogen-bond acceptors (Lipinski definition) is 9. The molecule has 0 saturated heterocycles. The van der Waals surface area contributed by atoms with Crippen molar-refractivity contribution in [3.05, 3.63) is 89.0 Å². The molecular weight excluding hydrogens is 490 g/mol. The van der Waals surface area contributed by atoms with Gasteiger partial charge in [-0.1, -0.05) is 60.7 Å². The normalized spacial score (nSPS) is 11.5. The van der Waals surface area contributed by atoms with Gasteiger partial charge in [-0.25, -0.2) is 4.79 Å². The van der Waals surface area contributed by atoms with Crippen molar-refractivity contribution in [1.29, 1.82) is 5.26 Å². The van der Waals surface area contributed by atoms with E-state index < -0.39 is 18.2 Å². The summed E-state index contributed by atoms with van der Waals surface area (Å²) in [5.74, 6) is -0.714. The van der Waals surface area contributed by atoms with Gasteiger partial charge in [0.15, 0.2) is 23.7 Å². The van der Waals surface area contributed by atoms with Gasteiger partial charge in [0.1, 0.15) is 30.6 Å². The fraction of sp³-hybridized carbons (Fsp3) is 0.310. The van der Waals surface area contributed by atoms with Gasteiger partial charge in [-0.15, -0.1) is 0 Å². The van der Waals surface area contributed by atoms with Gasteiger partial charge in [0.25, 0.3) is 0 Å². The fourth-order valence-corrected chi connectivity index (χ4v) is 3.77. The zero-order chi connectivity index (χ0) is 27.3. The Kier molecular flexibility index (Phi) is 10.9. The molecule has 9 nitrogen and oxygen atoms in total. The molecule has 3 aromatic carbocycles. The third-order valence-electron chi connectivity index (χ3n) is 5.58. The maximum absolute atomic E-state index is 13.3. The van der Waals surface area contributed by atoms with E-state index in [0.717, 1.165) is 11.1 Å². The average Bonchev–Trinajstić information content (AvgIpc) is 2.96. The Morgan fingerprint density at radius 3 is 1.89 bits per heavy atom. The summed E-state index contributed by atoms with van der Waals surface area (Å²) in [5, 5.41) is 21.1. The zero-order valence-electron chi connectivity index (χ0n) is 21.6. The molecule has 0 heterocycles. The first-order valence-electron chi connectivity index (χ1n) is 11.9. The molecule has 0 amide bonds. The summed E-state index contributed by atoms with van der Waals surface area (Å²) in [6.07, 6.45) is -2.56. The van der Waals surface area contributed by atoms with Gasteiger partial charge in [0.2, 0.25) is 0 Å². The smallest absolute Gasteiger partial charge is 0.340 e. The number of aliphatic hydroxyl groups excluding tert-OH is 1. The standard InChI is InChI=1S/C29H31NO8/c1-33-14-16-36-24-18-22(27(35-3)23(19-30)28(24)37-17-15-34-2)25(31)29(32)38-26(20-10-6-4-7-11-20)21-12-8-5-9-13-21/h4-13,18,25-26,31H,14-17H2,1-3H3. The lowest BCUT2D eigenvalue weighted by molar-refractivity contribution is -0.158. The van der Waals surface area contributed by atoms with E-state index in [2.05, 4.69) is 0 Å². The van der Waals surface area contributed by atoms with Crippen LogP contribution in [0.2, 0.25) is 0 Å². The monoisotopic (exact) mass is 521 g/mol. The second-order valence-corrected chi connectivity index (χ2v) is 8.04. The number of carbonyl (C=O) groups excluding carboxylic acids is 1. The van der Waals surface area contributed by atoms with Crippen LogP contribution in [0.3, 0.4) is 0 Å². The maximum atomic E-state index is 13.3. The van der Waals surface area contributed by atoms with E-state index in [1.807, 2.05) is 66.7 Å². The highest BCUT2D eigenvalue weighted by Gasteiger charge is 2.31. The van der Waals surface area contributed by atoms with Gasteiger partial charge in [-0.05, 0) is 17.2 Å². The highest BCUT2D eigenvalue weighted by molar-refractivity contribution is 5.80. The minimum absolute atomic E-state index is 0.000400. The number of aliphatic hydroxyl groups is 1. The van der Waals surface area contributed by atoms with Crippen LogP contribution in [0.25, 0.3) is 0 Å². The highest BCUT2D eigenvalue weighted by Crippen LogP contribution is 2.43. The molecule has 200 valence electrons. The summed E-state index contributed by atoms with van der Waals surface area (Å²) in [6, 6.07) is 21.8. The van der Waals surface area contributed by atoms with Crippen molar-refractivity contribution in [2.24, 2.45) is 0 Å². The minimum Gasteiger partial charge on any atom is -0.495 e. The number of rotatable bonds is 14. The van der Waals surface area contributed by atoms with Crippen molar-refractivity contribution < 1.29 is 38.3 Å². The summed E-state index contributed by atoms with van der Waals surface area (Å²) < 4.78 is 32.9. The number of carbonyl (C=O) groups is 1. The van der Waals surface area contributed by atoms with Gasteiger partial charge in [-0.3, -0.25) is 0 Å². The van der Waals surface area contributed by atoms with Crippen LogP contribution in [-0.2, 0) is 19.0 Å². The maximum Gasteiger partial charge on any atom is 0.340 e. The summed E-state index contributed by atoms with van der Waals surface area (Å²) in [7, 11) is 4.38. The Hall–Kier alpha value is -4.10. The van der Waals surface area contributed by atoms with Crippen molar-refractivity contribution >= 4 is 5.97 Å². The van der Waals surface area contributed by atoms with Crippen LogP contribution in [0.4, 0.5) is 0 Å². The zero-order valence-corrected chi connectivity index (χ0v) is 21.6. The van der Waals surface area contributed by atoms with E-state index >= 15 is 0 Å². The molecule has 0 aliphatic heterocycles. The number of esters is 1. The van der Waals surface area contributed by atoms with Crippen LogP contribution in [0.1, 0.15) is 34.5 Å². The number of benzene rings is 3. The summed E-state index contributed by atoms with van der Waals surface area (Å²) in [5.41, 5.74) is 1.42. The third-order valence-corrected chi connectivity index (χ3v) is 5.58. The molecule has 0 bridgehead atoms. The van der Waals surface area contributed by atoms with Gasteiger partial charge < -0.3 is 33.5 Å². The molecule has 0 aliphatic carbocycles. The van der Waals surface area contributed by atoms with Gasteiger partial charge >= 0.3 is 5.97 Å². The van der Waals surface area contributed by atoms with Gasteiger partial charge in [0, 0.05) is 19.8 Å². The lowest BCUT2D eigenvalue weighted by Gasteiger charge is -2.23. The summed E-state index contributed by atoms with van der Waals surface area (Å²) in [6.45, 7) is 0.802. The second-order valence-electron chi connectivity index (χ2n) is 8.04. The van der Waals surface area contributed by atoms with Crippen molar-refractivity contribution in [2.45, 2.75) is 12.2 Å². The van der Waals surface area contributed by atoms with Crippen molar-refractivity contribution in [3.8, 4) is 23.3 Å². The molecule has 3 aromatic rings. The minimum atomic E-state index is -1.79. The van der Waals surface area contributed by atoms with E-state index in [1.165, 1.54) is 27.4 Å². The molecule has 38 heavy (non-hydrogen) atoms. The van der Waals surface area contributed by atoms with Gasteiger partial charge in [0.05, 0.1) is 20.3 Å². The summed E-state index contributed by atoms with van der Waals surface area (Å²) in [4.78, 5) is 13.3. The third kappa shape index (κ3) is 7.01. The van der Waals surface area contributed by atoms with Crippen LogP contribution < -0.4 is 14.2 Å². The first kappa shape index (κ1) is 28.5. The molecule has 9 heteroatoms. The predicted octanol–water partition coefficient (Wildman–Crippen LogP) is 3.98. The largest absolute Gasteiger partial charge is 0.495 e. The lowest BCUT2D eigenvalue weighted by Crippen LogP contribution is -2.21. The number of methoxy groups -OCH3 is 3. The first-order valence-corrected chi connectivity index (χ1v) is 11.9. The molecule has 0 saturated carbocycles. The molecule has 1 N–H and O–H groups in total. The quantitative estimate of drug-likeness (QED) is 0.248. The van der Waals surface area contributed by atoms with Gasteiger partial charge in [-0.2, -0.15) is 5.26 Å². The van der Waals surface area contributed by atoms with Crippen molar-refractivity contribution in [3.63, 3.8) is 0 Å². The second kappa shape index (κ2) is 14.6. The fourth-order valence-electron chi connectivity index (χ4n) is 3.77. The SMILES string of the molecule is COCCOc1cc(C(O)C(=O)OC(c2ccccc2)c2ccccc2)c(OC)c(C#N)c1OCCOC. The highest BCUT2D eigenvalue weighted by atomic mass is 16.6. The Morgan fingerprint density at radius 2 is 1.39 bits per heavy atom. The molecule has 1 unspecified atom stereocenters. The van der Waals surface area contributed by atoms with Crippen LogP contribution in [-0.4, -0.2) is 58.8 Å². The van der Waals surface area contributed by atoms with E-state index in [1.54, 1.807) is 0 Å². The predicted molar refractivity (Wildman–Crippen MR) is 138 cm³/mol.